The number of halogens is 2. The average Bonchev–Trinajstić information content (AvgIpc) is 2.81. The van der Waals surface area contributed by atoms with E-state index >= 15 is 0 Å². The van der Waals surface area contributed by atoms with Crippen LogP contribution in [0.25, 0.3) is 0 Å². The van der Waals surface area contributed by atoms with Crippen LogP contribution in [0.3, 0.4) is 0 Å². The maximum atomic E-state index is 14.0. The van der Waals surface area contributed by atoms with Crippen molar-refractivity contribution in [2.75, 3.05) is 0 Å². The first-order chi connectivity index (χ1) is 17.0. The standard InChI is InChI=1S/C29H32Cl2N2O3/c1-5-24(10-7-15-32)33-27(19-11-13-22(30)14-12-19)25(20-8-6-9-23(31)16-20)17-21(28(33)35)18-26(34)36-29(2,3)4/h6-14,16,21,24-25,27H,5,17-18H2,1-4H3. The van der Waals surface area contributed by atoms with Crippen molar-refractivity contribution in [1.82, 2.24) is 4.90 Å². The predicted octanol–water partition coefficient (Wildman–Crippen LogP) is 7.26. The van der Waals surface area contributed by atoms with E-state index in [1.165, 1.54) is 6.08 Å². The van der Waals surface area contributed by atoms with Gasteiger partial charge in [-0.25, -0.2) is 0 Å². The minimum absolute atomic E-state index is 0.0184. The number of rotatable bonds is 7. The van der Waals surface area contributed by atoms with Gasteiger partial charge in [0.25, 0.3) is 0 Å². The SMILES string of the molecule is CCC(C=CC#N)N1C(=O)C(CC(=O)OC(C)(C)C)CC(c2cccc(Cl)c2)C1c1ccc(Cl)cc1. The molecule has 4 unspecified atom stereocenters. The molecule has 7 heteroatoms. The summed E-state index contributed by atoms with van der Waals surface area (Å²) in [6.07, 6.45) is 4.21. The Balaban J connectivity index is 2.14. The first kappa shape index (κ1) is 27.8. The first-order valence-corrected chi connectivity index (χ1v) is 12.9. The number of esters is 1. The molecular formula is C29H32Cl2N2O3. The molecular weight excluding hydrogens is 495 g/mol. The van der Waals surface area contributed by atoms with E-state index in [4.69, 9.17) is 27.9 Å². The summed E-state index contributed by atoms with van der Waals surface area (Å²) in [5.41, 5.74) is 1.26. The molecule has 0 saturated carbocycles. The summed E-state index contributed by atoms with van der Waals surface area (Å²) in [4.78, 5) is 28.7. The van der Waals surface area contributed by atoms with Crippen molar-refractivity contribution in [3.05, 3.63) is 81.9 Å². The fourth-order valence-electron chi connectivity index (χ4n) is 4.89. The van der Waals surface area contributed by atoms with Crippen molar-refractivity contribution in [3.8, 4) is 6.07 Å². The number of benzene rings is 2. The summed E-state index contributed by atoms with van der Waals surface area (Å²) in [7, 11) is 0. The summed E-state index contributed by atoms with van der Waals surface area (Å²) in [6.45, 7) is 7.41. The third-order valence-electron chi connectivity index (χ3n) is 6.31. The highest BCUT2D eigenvalue weighted by Crippen LogP contribution is 2.47. The van der Waals surface area contributed by atoms with Gasteiger partial charge in [-0.15, -0.1) is 0 Å². The van der Waals surface area contributed by atoms with Crippen molar-refractivity contribution in [2.45, 2.75) is 70.6 Å². The van der Waals surface area contributed by atoms with Crippen LogP contribution in [0.5, 0.6) is 0 Å². The van der Waals surface area contributed by atoms with Gasteiger partial charge in [0.2, 0.25) is 5.91 Å². The number of nitriles is 1. The van der Waals surface area contributed by atoms with Crippen LogP contribution in [0.4, 0.5) is 0 Å². The molecule has 1 aliphatic rings. The molecule has 1 saturated heterocycles. The maximum Gasteiger partial charge on any atom is 0.307 e. The van der Waals surface area contributed by atoms with E-state index in [1.54, 1.807) is 6.08 Å². The number of hydrogen-bond acceptors (Lipinski definition) is 4. The number of piperidine rings is 1. The van der Waals surface area contributed by atoms with Gasteiger partial charge in [-0.05, 0) is 69.0 Å². The van der Waals surface area contributed by atoms with Crippen molar-refractivity contribution >= 4 is 35.1 Å². The fourth-order valence-corrected chi connectivity index (χ4v) is 5.22. The van der Waals surface area contributed by atoms with Gasteiger partial charge in [-0.3, -0.25) is 9.59 Å². The second-order valence-corrected chi connectivity index (χ2v) is 11.0. The van der Waals surface area contributed by atoms with E-state index in [0.29, 0.717) is 22.9 Å². The van der Waals surface area contributed by atoms with Gasteiger partial charge in [-0.1, -0.05) is 60.5 Å². The Morgan fingerprint density at radius 1 is 1.17 bits per heavy atom. The molecule has 0 spiro atoms. The summed E-state index contributed by atoms with van der Waals surface area (Å²) in [6, 6.07) is 16.5. The Bertz CT molecular complexity index is 1150. The topological polar surface area (TPSA) is 70.4 Å². The van der Waals surface area contributed by atoms with E-state index in [9.17, 15) is 14.9 Å². The summed E-state index contributed by atoms with van der Waals surface area (Å²) in [5, 5.41) is 10.4. The number of amides is 1. The van der Waals surface area contributed by atoms with Gasteiger partial charge in [0.15, 0.2) is 0 Å². The molecule has 5 nitrogen and oxygen atoms in total. The van der Waals surface area contributed by atoms with Crippen LogP contribution in [0.15, 0.2) is 60.7 Å². The lowest BCUT2D eigenvalue weighted by Crippen LogP contribution is -2.51. The molecule has 0 aliphatic carbocycles. The molecule has 0 radical (unpaired) electrons. The lowest BCUT2D eigenvalue weighted by atomic mass is 9.74. The molecule has 1 fully saturated rings. The Labute approximate surface area is 223 Å². The van der Waals surface area contributed by atoms with Crippen LogP contribution < -0.4 is 0 Å². The van der Waals surface area contributed by atoms with Gasteiger partial charge in [0.1, 0.15) is 5.60 Å². The predicted molar refractivity (Wildman–Crippen MR) is 143 cm³/mol. The van der Waals surface area contributed by atoms with Crippen LogP contribution in [0.2, 0.25) is 10.0 Å². The highest BCUT2D eigenvalue weighted by molar-refractivity contribution is 6.30. The Morgan fingerprint density at radius 2 is 1.86 bits per heavy atom. The molecule has 190 valence electrons. The van der Waals surface area contributed by atoms with Crippen LogP contribution in [-0.4, -0.2) is 28.4 Å². The van der Waals surface area contributed by atoms with Crippen molar-refractivity contribution in [2.24, 2.45) is 5.92 Å². The molecule has 0 bridgehead atoms. The second-order valence-electron chi connectivity index (χ2n) is 10.1. The Hall–Kier alpha value is -2.81. The van der Waals surface area contributed by atoms with Crippen molar-refractivity contribution in [3.63, 3.8) is 0 Å². The van der Waals surface area contributed by atoms with Gasteiger partial charge >= 0.3 is 5.97 Å². The number of nitrogens with zero attached hydrogens (tertiary/aromatic N) is 2. The summed E-state index contributed by atoms with van der Waals surface area (Å²) in [5.74, 6) is -1.25. The van der Waals surface area contributed by atoms with E-state index < -0.39 is 17.5 Å². The Kier molecular flexibility index (Phi) is 9.22. The lowest BCUT2D eigenvalue weighted by molar-refractivity contribution is -0.161. The monoisotopic (exact) mass is 526 g/mol. The van der Waals surface area contributed by atoms with Crippen LogP contribution in [-0.2, 0) is 14.3 Å². The zero-order chi connectivity index (χ0) is 26.5. The normalized spacial score (nSPS) is 21.3. The maximum absolute atomic E-state index is 14.0. The molecule has 36 heavy (non-hydrogen) atoms. The van der Waals surface area contributed by atoms with E-state index in [0.717, 1.165) is 11.1 Å². The van der Waals surface area contributed by atoms with Crippen molar-refractivity contribution < 1.29 is 14.3 Å². The van der Waals surface area contributed by atoms with E-state index in [1.807, 2.05) is 87.2 Å². The van der Waals surface area contributed by atoms with E-state index in [-0.39, 0.29) is 30.3 Å². The third kappa shape index (κ3) is 6.90. The highest BCUT2D eigenvalue weighted by atomic mass is 35.5. The number of likely N-dealkylation sites (tertiary alicyclic amines) is 1. The second kappa shape index (κ2) is 12.0. The molecule has 1 heterocycles. The minimum Gasteiger partial charge on any atom is -0.460 e. The molecule has 2 aromatic rings. The number of hydrogen-bond donors (Lipinski definition) is 0. The fraction of sp³-hybridized carbons (Fsp3) is 0.414. The van der Waals surface area contributed by atoms with Crippen LogP contribution in [0.1, 0.15) is 70.0 Å². The third-order valence-corrected chi connectivity index (χ3v) is 6.80. The molecule has 3 rings (SSSR count). The number of carbonyl (C=O) groups is 2. The van der Waals surface area contributed by atoms with Crippen molar-refractivity contribution in [1.29, 1.82) is 5.26 Å². The highest BCUT2D eigenvalue weighted by Gasteiger charge is 2.46. The number of allylic oxidation sites excluding steroid dienone is 1. The van der Waals surface area contributed by atoms with Gasteiger partial charge < -0.3 is 9.64 Å². The van der Waals surface area contributed by atoms with Crippen LogP contribution >= 0.6 is 23.2 Å². The molecule has 1 aliphatic heterocycles. The molecule has 2 aromatic carbocycles. The zero-order valence-electron chi connectivity index (χ0n) is 21.1. The quantitative estimate of drug-likeness (QED) is 0.281. The van der Waals surface area contributed by atoms with Gasteiger partial charge in [0, 0.05) is 28.0 Å². The zero-order valence-corrected chi connectivity index (χ0v) is 22.6. The summed E-state index contributed by atoms with van der Waals surface area (Å²) < 4.78 is 5.56. The minimum atomic E-state index is -0.645. The summed E-state index contributed by atoms with van der Waals surface area (Å²) >= 11 is 12.6. The largest absolute Gasteiger partial charge is 0.460 e. The molecule has 4 atom stereocenters. The van der Waals surface area contributed by atoms with Crippen LogP contribution in [0, 0.1) is 17.2 Å². The number of ether oxygens (including phenoxy) is 1. The Morgan fingerprint density at radius 3 is 2.44 bits per heavy atom. The first-order valence-electron chi connectivity index (χ1n) is 12.1. The smallest absolute Gasteiger partial charge is 0.307 e. The number of carbonyl (C=O) groups excluding carboxylic acids is 2. The van der Waals surface area contributed by atoms with E-state index in [2.05, 4.69) is 0 Å². The average molecular weight is 527 g/mol. The van der Waals surface area contributed by atoms with Gasteiger partial charge in [0.05, 0.1) is 24.6 Å². The molecule has 0 aromatic heterocycles. The molecule has 1 amide bonds. The van der Waals surface area contributed by atoms with Gasteiger partial charge in [-0.2, -0.15) is 5.26 Å². The molecule has 0 N–H and O–H groups in total. The lowest BCUT2D eigenvalue weighted by Gasteiger charge is -2.47.